The Morgan fingerprint density at radius 2 is 1.93 bits per heavy atom. The van der Waals surface area contributed by atoms with Crippen LogP contribution in [0.3, 0.4) is 0 Å². The van der Waals surface area contributed by atoms with Crippen molar-refractivity contribution in [3.63, 3.8) is 0 Å². The van der Waals surface area contributed by atoms with Gasteiger partial charge in [0.1, 0.15) is 0 Å². The Hall–Kier alpha value is -0.0800. The molecule has 2 N–H and O–H groups in total. The summed E-state index contributed by atoms with van der Waals surface area (Å²) >= 11 is 0. The first-order valence-corrected chi connectivity index (χ1v) is 6.42. The van der Waals surface area contributed by atoms with Crippen molar-refractivity contribution in [3.05, 3.63) is 0 Å². The fourth-order valence-corrected chi connectivity index (χ4v) is 3.92. The molecule has 6 unspecified atom stereocenters. The molecule has 0 aromatic heterocycles. The van der Waals surface area contributed by atoms with Crippen molar-refractivity contribution in [1.29, 1.82) is 0 Å². The zero-order valence-electron chi connectivity index (χ0n) is 9.89. The van der Waals surface area contributed by atoms with E-state index in [-0.39, 0.29) is 6.61 Å². The molecule has 88 valence electrons. The fourth-order valence-electron chi connectivity index (χ4n) is 3.92. The van der Waals surface area contributed by atoms with E-state index in [1.165, 1.54) is 12.8 Å². The van der Waals surface area contributed by atoms with Crippen molar-refractivity contribution < 1.29 is 10.2 Å². The lowest BCUT2D eigenvalue weighted by Gasteiger charge is -2.32. The third-order valence-electron chi connectivity index (χ3n) is 5.12. The van der Waals surface area contributed by atoms with Crippen LogP contribution in [0.25, 0.3) is 0 Å². The van der Waals surface area contributed by atoms with Gasteiger partial charge in [0, 0.05) is 0 Å². The number of rotatable bonds is 4. The second-order valence-electron chi connectivity index (χ2n) is 5.79. The summed E-state index contributed by atoms with van der Waals surface area (Å²) in [4.78, 5) is 0. The van der Waals surface area contributed by atoms with Crippen LogP contribution < -0.4 is 0 Å². The van der Waals surface area contributed by atoms with Crippen molar-refractivity contribution in [2.45, 2.75) is 45.6 Å². The monoisotopic (exact) mass is 212 g/mol. The maximum absolute atomic E-state index is 9.36. The normalized spacial score (nSPS) is 46.0. The predicted molar refractivity (Wildman–Crippen MR) is 60.4 cm³/mol. The topological polar surface area (TPSA) is 40.5 Å². The second-order valence-corrected chi connectivity index (χ2v) is 5.79. The number of aliphatic hydroxyl groups is 2. The molecule has 2 aliphatic rings. The van der Waals surface area contributed by atoms with Crippen LogP contribution in [0.5, 0.6) is 0 Å². The lowest BCUT2D eigenvalue weighted by Crippen LogP contribution is -2.25. The smallest absolute Gasteiger partial charge is 0.0771 e. The molecule has 2 saturated carbocycles. The largest absolute Gasteiger partial charge is 0.394 e. The highest BCUT2D eigenvalue weighted by atomic mass is 16.3. The third kappa shape index (κ3) is 2.07. The Kier molecular flexibility index (Phi) is 3.36. The lowest BCUT2D eigenvalue weighted by atomic mass is 9.74. The average Bonchev–Trinajstić information content (AvgIpc) is 2.76. The van der Waals surface area contributed by atoms with Crippen LogP contribution in [0.2, 0.25) is 0 Å². The SMILES string of the molecule is CC1C2CC(CCC(O)CO)C(C2)C1C. The highest BCUT2D eigenvalue weighted by molar-refractivity contribution is 4.97. The van der Waals surface area contributed by atoms with E-state index in [2.05, 4.69) is 13.8 Å². The Bertz CT molecular complexity index is 215. The fraction of sp³-hybridized carbons (Fsp3) is 1.00. The molecule has 2 nitrogen and oxygen atoms in total. The Morgan fingerprint density at radius 3 is 2.47 bits per heavy atom. The minimum atomic E-state index is -0.489. The van der Waals surface area contributed by atoms with Gasteiger partial charge in [0.2, 0.25) is 0 Å². The first-order valence-electron chi connectivity index (χ1n) is 6.42. The summed E-state index contributed by atoms with van der Waals surface area (Å²) in [5.41, 5.74) is 0. The van der Waals surface area contributed by atoms with Crippen LogP contribution in [-0.4, -0.2) is 22.9 Å². The minimum absolute atomic E-state index is 0.0766. The van der Waals surface area contributed by atoms with Gasteiger partial charge < -0.3 is 10.2 Å². The number of hydrogen-bond acceptors (Lipinski definition) is 2. The van der Waals surface area contributed by atoms with Crippen LogP contribution in [0.4, 0.5) is 0 Å². The molecule has 0 radical (unpaired) electrons. The zero-order chi connectivity index (χ0) is 11.0. The standard InChI is InChI=1S/C13H24O2/c1-8-9(2)13-6-11(8)5-10(13)3-4-12(15)7-14/h8-15H,3-7H2,1-2H3. The van der Waals surface area contributed by atoms with Crippen LogP contribution in [0.15, 0.2) is 0 Å². The van der Waals surface area contributed by atoms with Crippen molar-refractivity contribution in [2.75, 3.05) is 6.61 Å². The van der Waals surface area contributed by atoms with E-state index in [0.29, 0.717) is 0 Å². The number of aliphatic hydroxyl groups excluding tert-OH is 2. The van der Waals surface area contributed by atoms with E-state index in [1.54, 1.807) is 0 Å². The van der Waals surface area contributed by atoms with Crippen LogP contribution >= 0.6 is 0 Å². The Balaban J connectivity index is 1.82. The van der Waals surface area contributed by atoms with Gasteiger partial charge in [-0.3, -0.25) is 0 Å². The summed E-state index contributed by atoms with van der Waals surface area (Å²) in [6, 6.07) is 0. The van der Waals surface area contributed by atoms with E-state index in [4.69, 9.17) is 5.11 Å². The second kappa shape index (κ2) is 4.42. The first kappa shape index (κ1) is 11.4. The van der Waals surface area contributed by atoms with Crippen molar-refractivity contribution >= 4 is 0 Å². The van der Waals surface area contributed by atoms with E-state index < -0.39 is 6.10 Å². The summed E-state index contributed by atoms with van der Waals surface area (Å²) < 4.78 is 0. The van der Waals surface area contributed by atoms with E-state index in [1.807, 2.05) is 0 Å². The number of fused-ring (bicyclic) bond motifs is 2. The molecule has 0 aromatic rings. The molecule has 2 bridgehead atoms. The van der Waals surface area contributed by atoms with Gasteiger partial charge in [-0.2, -0.15) is 0 Å². The molecular formula is C13H24O2. The summed E-state index contributed by atoms with van der Waals surface area (Å²) in [7, 11) is 0. The maximum Gasteiger partial charge on any atom is 0.0771 e. The van der Waals surface area contributed by atoms with Gasteiger partial charge >= 0.3 is 0 Å². The molecule has 2 rings (SSSR count). The summed E-state index contributed by atoms with van der Waals surface area (Å²) in [5, 5.41) is 18.1. The van der Waals surface area contributed by atoms with E-state index in [0.717, 1.165) is 42.4 Å². The third-order valence-corrected chi connectivity index (χ3v) is 5.12. The minimum Gasteiger partial charge on any atom is -0.394 e. The molecule has 0 heterocycles. The van der Waals surface area contributed by atoms with Gasteiger partial charge in [0.15, 0.2) is 0 Å². The molecule has 0 amide bonds. The summed E-state index contributed by atoms with van der Waals surface area (Å²) in [6.07, 6.45) is 4.19. The Labute approximate surface area is 92.7 Å². The zero-order valence-corrected chi connectivity index (χ0v) is 9.89. The Morgan fingerprint density at radius 1 is 1.20 bits per heavy atom. The quantitative estimate of drug-likeness (QED) is 0.748. The molecule has 15 heavy (non-hydrogen) atoms. The molecule has 2 heteroatoms. The van der Waals surface area contributed by atoms with E-state index in [9.17, 15) is 5.11 Å². The van der Waals surface area contributed by atoms with Gasteiger partial charge in [-0.15, -0.1) is 0 Å². The van der Waals surface area contributed by atoms with Gasteiger partial charge in [0.25, 0.3) is 0 Å². The first-order chi connectivity index (χ1) is 7.13. The van der Waals surface area contributed by atoms with Gasteiger partial charge in [-0.1, -0.05) is 13.8 Å². The average molecular weight is 212 g/mol. The highest BCUT2D eigenvalue weighted by Gasteiger charge is 2.48. The summed E-state index contributed by atoms with van der Waals surface area (Å²) in [5.74, 6) is 4.45. The molecule has 6 atom stereocenters. The van der Waals surface area contributed by atoms with Gasteiger partial charge in [-0.05, 0) is 55.3 Å². The van der Waals surface area contributed by atoms with Crippen LogP contribution in [0.1, 0.15) is 39.5 Å². The molecular weight excluding hydrogens is 188 g/mol. The van der Waals surface area contributed by atoms with E-state index >= 15 is 0 Å². The van der Waals surface area contributed by atoms with Crippen molar-refractivity contribution in [1.82, 2.24) is 0 Å². The van der Waals surface area contributed by atoms with Crippen LogP contribution in [-0.2, 0) is 0 Å². The lowest BCUT2D eigenvalue weighted by molar-refractivity contribution is 0.0745. The van der Waals surface area contributed by atoms with Crippen LogP contribution in [0, 0.1) is 29.6 Å². The molecule has 2 aliphatic carbocycles. The highest BCUT2D eigenvalue weighted by Crippen LogP contribution is 2.56. The molecule has 0 aliphatic heterocycles. The predicted octanol–water partition coefficient (Wildman–Crippen LogP) is 2.05. The van der Waals surface area contributed by atoms with Gasteiger partial charge in [-0.25, -0.2) is 0 Å². The summed E-state index contributed by atoms with van der Waals surface area (Å²) in [6.45, 7) is 4.71. The van der Waals surface area contributed by atoms with Gasteiger partial charge in [0.05, 0.1) is 12.7 Å². The number of hydrogen-bond donors (Lipinski definition) is 2. The van der Waals surface area contributed by atoms with Crippen molar-refractivity contribution in [2.24, 2.45) is 29.6 Å². The maximum atomic E-state index is 9.36. The molecule has 2 fully saturated rings. The molecule has 0 spiro atoms. The molecule has 0 aromatic carbocycles. The molecule has 0 saturated heterocycles. The van der Waals surface area contributed by atoms with Crippen molar-refractivity contribution in [3.8, 4) is 0 Å².